The van der Waals surface area contributed by atoms with E-state index in [0.717, 1.165) is 23.6 Å². The fourth-order valence-electron chi connectivity index (χ4n) is 2.18. The van der Waals surface area contributed by atoms with Gasteiger partial charge in [-0.15, -0.1) is 11.3 Å². The Morgan fingerprint density at radius 2 is 2.16 bits per heavy atom. The molecule has 2 aromatic rings. The van der Waals surface area contributed by atoms with Gasteiger partial charge in [-0.25, -0.2) is 0 Å². The molecule has 3 nitrogen and oxygen atoms in total. The second kappa shape index (κ2) is 5.23. The van der Waals surface area contributed by atoms with Gasteiger partial charge in [-0.1, -0.05) is 12.1 Å². The molecule has 1 N–H and O–H groups in total. The third-order valence-corrected chi connectivity index (χ3v) is 4.45. The average molecular weight is 275 g/mol. The van der Waals surface area contributed by atoms with E-state index in [1.807, 2.05) is 23.5 Å². The van der Waals surface area contributed by atoms with Crippen molar-refractivity contribution in [3.05, 3.63) is 45.6 Å². The molecule has 1 unspecified atom stereocenters. The maximum atomic E-state index is 5.51. The summed E-state index contributed by atoms with van der Waals surface area (Å²) in [6.45, 7) is 5.43. The number of hydrogen-bond donors (Lipinski definition) is 1. The molecular formula is C15H17NO2S. The average Bonchev–Trinajstić information content (AvgIpc) is 3.04. The lowest BCUT2D eigenvalue weighted by molar-refractivity contribution is 0.173. The molecule has 0 saturated heterocycles. The molecule has 1 aromatic carbocycles. The molecule has 2 heterocycles. The first-order chi connectivity index (χ1) is 9.24. The van der Waals surface area contributed by atoms with E-state index in [9.17, 15) is 0 Å². The number of hydrogen-bond acceptors (Lipinski definition) is 4. The number of nitrogens with one attached hydrogen (secondary N) is 1. The number of benzene rings is 1. The lowest BCUT2D eigenvalue weighted by Crippen LogP contribution is -2.17. The second-order valence-corrected chi connectivity index (χ2v) is 6.02. The van der Waals surface area contributed by atoms with E-state index in [4.69, 9.17) is 9.47 Å². The van der Waals surface area contributed by atoms with Crippen LogP contribution in [0.5, 0.6) is 11.5 Å². The van der Waals surface area contributed by atoms with Crippen LogP contribution in [0.2, 0.25) is 0 Å². The predicted octanol–water partition coefficient (Wildman–Crippen LogP) is 3.64. The van der Waals surface area contributed by atoms with Crippen LogP contribution in [0, 0.1) is 6.92 Å². The molecule has 1 aliphatic heterocycles. The summed E-state index contributed by atoms with van der Waals surface area (Å²) in [6.07, 6.45) is 0. The number of para-hydroxylation sites is 1. The minimum absolute atomic E-state index is 0.325. The zero-order chi connectivity index (χ0) is 13.2. The lowest BCUT2D eigenvalue weighted by atomic mass is 10.1. The van der Waals surface area contributed by atoms with E-state index >= 15 is 0 Å². The fraction of sp³-hybridized carbons (Fsp3) is 0.333. The molecule has 3 rings (SSSR count). The van der Waals surface area contributed by atoms with Gasteiger partial charge in [0, 0.05) is 27.9 Å². The van der Waals surface area contributed by atoms with Crippen molar-refractivity contribution in [2.75, 3.05) is 6.79 Å². The van der Waals surface area contributed by atoms with Crippen LogP contribution in [0.1, 0.15) is 28.3 Å². The minimum atomic E-state index is 0.325. The van der Waals surface area contributed by atoms with Crippen molar-refractivity contribution < 1.29 is 9.47 Å². The van der Waals surface area contributed by atoms with Crippen LogP contribution >= 0.6 is 11.3 Å². The SMILES string of the molecule is Cc1ccc(C(C)NCc2cccc3c2OCO3)s1. The highest BCUT2D eigenvalue weighted by molar-refractivity contribution is 7.12. The van der Waals surface area contributed by atoms with Gasteiger partial charge in [-0.3, -0.25) is 0 Å². The molecule has 0 radical (unpaired) electrons. The highest BCUT2D eigenvalue weighted by Crippen LogP contribution is 2.35. The molecule has 1 atom stereocenters. The Morgan fingerprint density at radius 1 is 1.26 bits per heavy atom. The summed E-state index contributed by atoms with van der Waals surface area (Å²) in [7, 11) is 0. The Balaban J connectivity index is 1.68. The van der Waals surface area contributed by atoms with E-state index < -0.39 is 0 Å². The number of fused-ring (bicyclic) bond motifs is 1. The first kappa shape index (κ1) is 12.5. The van der Waals surface area contributed by atoms with E-state index in [1.54, 1.807) is 0 Å². The number of aryl methyl sites for hydroxylation is 1. The molecule has 0 spiro atoms. The highest BCUT2D eigenvalue weighted by Gasteiger charge is 2.17. The summed E-state index contributed by atoms with van der Waals surface area (Å²) in [5.41, 5.74) is 1.15. The summed E-state index contributed by atoms with van der Waals surface area (Å²) in [5, 5.41) is 3.53. The maximum absolute atomic E-state index is 5.51. The summed E-state index contributed by atoms with van der Waals surface area (Å²) in [6, 6.07) is 10.7. The van der Waals surface area contributed by atoms with Crippen LogP contribution in [-0.4, -0.2) is 6.79 Å². The summed E-state index contributed by atoms with van der Waals surface area (Å²) in [5.74, 6) is 1.73. The highest BCUT2D eigenvalue weighted by atomic mass is 32.1. The third-order valence-electron chi connectivity index (χ3n) is 3.26. The van der Waals surface area contributed by atoms with Gasteiger partial charge in [0.25, 0.3) is 0 Å². The van der Waals surface area contributed by atoms with Gasteiger partial charge in [0.2, 0.25) is 6.79 Å². The van der Waals surface area contributed by atoms with Crippen LogP contribution in [0.25, 0.3) is 0 Å². The predicted molar refractivity (Wildman–Crippen MR) is 76.9 cm³/mol. The Morgan fingerprint density at radius 3 is 2.95 bits per heavy atom. The monoisotopic (exact) mass is 275 g/mol. The van der Waals surface area contributed by atoms with E-state index in [-0.39, 0.29) is 0 Å². The largest absolute Gasteiger partial charge is 0.454 e. The van der Waals surface area contributed by atoms with E-state index in [2.05, 4.69) is 37.4 Å². The van der Waals surface area contributed by atoms with Gasteiger partial charge in [-0.2, -0.15) is 0 Å². The standard InChI is InChI=1S/C15H17NO2S/c1-10-6-7-14(19-10)11(2)16-8-12-4-3-5-13-15(12)18-9-17-13/h3-7,11,16H,8-9H2,1-2H3. The molecule has 0 amide bonds. The van der Waals surface area contributed by atoms with Gasteiger partial charge in [0.05, 0.1) is 0 Å². The van der Waals surface area contributed by atoms with Gasteiger partial charge >= 0.3 is 0 Å². The minimum Gasteiger partial charge on any atom is -0.454 e. The molecule has 4 heteroatoms. The molecule has 0 aliphatic carbocycles. The van der Waals surface area contributed by atoms with Crippen molar-refractivity contribution in [1.82, 2.24) is 5.32 Å². The fourth-order valence-corrected chi connectivity index (χ4v) is 3.08. The van der Waals surface area contributed by atoms with Crippen molar-refractivity contribution in [1.29, 1.82) is 0 Å². The van der Waals surface area contributed by atoms with E-state index in [1.165, 1.54) is 9.75 Å². The third kappa shape index (κ3) is 2.60. The molecule has 0 saturated carbocycles. The number of rotatable bonds is 4. The lowest BCUT2D eigenvalue weighted by Gasteiger charge is -2.13. The Labute approximate surface area is 117 Å². The molecular weight excluding hydrogens is 258 g/mol. The molecule has 0 fully saturated rings. The molecule has 1 aromatic heterocycles. The Hall–Kier alpha value is -1.52. The van der Waals surface area contributed by atoms with Crippen LogP contribution in [0.4, 0.5) is 0 Å². The molecule has 19 heavy (non-hydrogen) atoms. The van der Waals surface area contributed by atoms with Crippen LogP contribution in [-0.2, 0) is 6.54 Å². The van der Waals surface area contributed by atoms with Gasteiger partial charge < -0.3 is 14.8 Å². The summed E-state index contributed by atoms with van der Waals surface area (Å²) < 4.78 is 10.9. The van der Waals surface area contributed by atoms with Gasteiger partial charge in [0.15, 0.2) is 11.5 Å². The second-order valence-electron chi connectivity index (χ2n) is 4.70. The Bertz CT molecular complexity index is 579. The zero-order valence-corrected chi connectivity index (χ0v) is 11.9. The first-order valence-electron chi connectivity index (χ1n) is 6.41. The summed E-state index contributed by atoms with van der Waals surface area (Å²) >= 11 is 1.84. The molecule has 0 bridgehead atoms. The first-order valence-corrected chi connectivity index (χ1v) is 7.23. The van der Waals surface area contributed by atoms with Crippen molar-refractivity contribution >= 4 is 11.3 Å². The zero-order valence-electron chi connectivity index (χ0n) is 11.1. The smallest absolute Gasteiger partial charge is 0.231 e. The Kier molecular flexibility index (Phi) is 3.44. The van der Waals surface area contributed by atoms with Crippen molar-refractivity contribution in [3.8, 4) is 11.5 Å². The van der Waals surface area contributed by atoms with Crippen LogP contribution in [0.15, 0.2) is 30.3 Å². The summed E-state index contributed by atoms with van der Waals surface area (Å²) in [4.78, 5) is 2.71. The molecule has 1 aliphatic rings. The maximum Gasteiger partial charge on any atom is 0.231 e. The van der Waals surface area contributed by atoms with Crippen molar-refractivity contribution in [2.24, 2.45) is 0 Å². The van der Waals surface area contributed by atoms with E-state index in [0.29, 0.717) is 12.8 Å². The van der Waals surface area contributed by atoms with Crippen molar-refractivity contribution in [2.45, 2.75) is 26.4 Å². The normalized spacial score (nSPS) is 14.6. The molecule has 100 valence electrons. The number of thiophene rings is 1. The van der Waals surface area contributed by atoms with Crippen molar-refractivity contribution in [3.63, 3.8) is 0 Å². The van der Waals surface area contributed by atoms with Gasteiger partial charge in [0.1, 0.15) is 0 Å². The van der Waals surface area contributed by atoms with Crippen LogP contribution < -0.4 is 14.8 Å². The van der Waals surface area contributed by atoms with Gasteiger partial charge in [-0.05, 0) is 32.0 Å². The topological polar surface area (TPSA) is 30.5 Å². The number of ether oxygens (including phenoxy) is 2. The van der Waals surface area contributed by atoms with Crippen LogP contribution in [0.3, 0.4) is 0 Å². The quantitative estimate of drug-likeness (QED) is 0.924.